The summed E-state index contributed by atoms with van der Waals surface area (Å²) in [5.74, 6) is 0.905. The summed E-state index contributed by atoms with van der Waals surface area (Å²) in [6.45, 7) is 3.20. The van der Waals surface area contributed by atoms with E-state index in [0.29, 0.717) is 6.04 Å². The highest BCUT2D eigenvalue weighted by Crippen LogP contribution is 2.22. The molecule has 0 saturated carbocycles. The predicted molar refractivity (Wildman–Crippen MR) is 99.1 cm³/mol. The molecular weight excluding hydrogens is 366 g/mol. The van der Waals surface area contributed by atoms with Crippen LogP contribution in [0.5, 0.6) is 0 Å². The number of anilines is 1. The lowest BCUT2D eigenvalue weighted by molar-refractivity contribution is 0.208. The SMILES string of the molecule is Brc1ccc2c(NC3CCCN(Cc4ccccc4)C3)ncnn12. The minimum Gasteiger partial charge on any atom is -0.364 e. The highest BCUT2D eigenvalue weighted by Gasteiger charge is 2.21. The Morgan fingerprint density at radius 2 is 2.04 bits per heavy atom. The van der Waals surface area contributed by atoms with Gasteiger partial charge >= 0.3 is 0 Å². The molecule has 0 amide bonds. The molecule has 24 heavy (non-hydrogen) atoms. The van der Waals surface area contributed by atoms with Crippen molar-refractivity contribution in [3.05, 3.63) is 59.0 Å². The van der Waals surface area contributed by atoms with Crippen LogP contribution < -0.4 is 5.32 Å². The summed E-state index contributed by atoms with van der Waals surface area (Å²) in [6.07, 6.45) is 3.98. The first-order valence-corrected chi connectivity index (χ1v) is 9.10. The number of piperidine rings is 1. The van der Waals surface area contributed by atoms with Crippen molar-refractivity contribution < 1.29 is 0 Å². The molecule has 2 aromatic heterocycles. The van der Waals surface area contributed by atoms with E-state index in [4.69, 9.17) is 0 Å². The number of likely N-dealkylation sites (tertiary alicyclic amines) is 1. The maximum atomic E-state index is 4.44. The molecule has 1 saturated heterocycles. The van der Waals surface area contributed by atoms with Crippen molar-refractivity contribution in [3.63, 3.8) is 0 Å². The van der Waals surface area contributed by atoms with Crippen LogP contribution in [-0.4, -0.2) is 38.6 Å². The molecule has 1 unspecified atom stereocenters. The van der Waals surface area contributed by atoms with E-state index in [9.17, 15) is 0 Å². The van der Waals surface area contributed by atoms with Gasteiger partial charge in [0.1, 0.15) is 16.4 Å². The Kier molecular flexibility index (Phi) is 4.49. The summed E-state index contributed by atoms with van der Waals surface area (Å²) in [7, 11) is 0. The first-order valence-electron chi connectivity index (χ1n) is 8.30. The molecule has 0 aliphatic carbocycles. The number of rotatable bonds is 4. The van der Waals surface area contributed by atoms with Crippen LogP contribution in [0.15, 0.2) is 53.4 Å². The lowest BCUT2D eigenvalue weighted by Crippen LogP contribution is -2.41. The van der Waals surface area contributed by atoms with Gasteiger partial charge in [0, 0.05) is 19.1 Å². The van der Waals surface area contributed by atoms with E-state index in [1.165, 1.54) is 18.4 Å². The van der Waals surface area contributed by atoms with Crippen LogP contribution in [0.25, 0.3) is 5.52 Å². The maximum absolute atomic E-state index is 4.44. The predicted octanol–water partition coefficient (Wildman–Crippen LogP) is 3.57. The number of halogens is 1. The number of benzene rings is 1. The number of nitrogens with one attached hydrogen (secondary N) is 1. The minimum atomic E-state index is 0.412. The summed E-state index contributed by atoms with van der Waals surface area (Å²) >= 11 is 3.51. The molecule has 3 aromatic rings. The molecular formula is C18H20BrN5. The Hall–Kier alpha value is -1.92. The highest BCUT2D eigenvalue weighted by molar-refractivity contribution is 9.10. The zero-order valence-electron chi connectivity index (χ0n) is 13.4. The number of hydrogen-bond donors (Lipinski definition) is 1. The molecule has 0 bridgehead atoms. The van der Waals surface area contributed by atoms with Gasteiger partial charge in [-0.25, -0.2) is 9.50 Å². The summed E-state index contributed by atoms with van der Waals surface area (Å²) in [5, 5.41) is 7.89. The molecule has 1 fully saturated rings. The van der Waals surface area contributed by atoms with Gasteiger partial charge in [-0.15, -0.1) is 0 Å². The lowest BCUT2D eigenvalue weighted by Gasteiger charge is -2.33. The minimum absolute atomic E-state index is 0.412. The standard InChI is InChI=1S/C18H20BrN5/c19-17-9-8-16-18(20-13-21-24(16)17)22-15-7-4-10-23(12-15)11-14-5-2-1-3-6-14/h1-3,5-6,8-9,13,15H,4,7,10-12H2,(H,20,21,22). The topological polar surface area (TPSA) is 45.5 Å². The largest absolute Gasteiger partial charge is 0.364 e. The van der Waals surface area contributed by atoms with Crippen LogP contribution in [0.3, 0.4) is 0 Å². The lowest BCUT2D eigenvalue weighted by atomic mass is 10.0. The normalized spacial score (nSPS) is 18.8. The van der Waals surface area contributed by atoms with Crippen molar-refractivity contribution in [1.29, 1.82) is 0 Å². The second-order valence-corrected chi connectivity index (χ2v) is 7.08. The van der Waals surface area contributed by atoms with Gasteiger partial charge in [0.15, 0.2) is 5.82 Å². The quantitative estimate of drug-likeness (QED) is 0.745. The van der Waals surface area contributed by atoms with Gasteiger partial charge in [0.25, 0.3) is 0 Å². The van der Waals surface area contributed by atoms with E-state index >= 15 is 0 Å². The zero-order valence-corrected chi connectivity index (χ0v) is 15.0. The fourth-order valence-corrected chi connectivity index (χ4v) is 3.78. The molecule has 0 radical (unpaired) electrons. The number of aromatic nitrogens is 3. The van der Waals surface area contributed by atoms with Crippen LogP contribution >= 0.6 is 15.9 Å². The average Bonchev–Trinajstić information content (AvgIpc) is 2.99. The van der Waals surface area contributed by atoms with Crippen molar-refractivity contribution >= 4 is 27.3 Å². The second-order valence-electron chi connectivity index (χ2n) is 6.27. The number of hydrogen-bond acceptors (Lipinski definition) is 4. The van der Waals surface area contributed by atoms with Gasteiger partial charge in [-0.3, -0.25) is 4.90 Å². The molecule has 1 aliphatic rings. The molecule has 6 heteroatoms. The van der Waals surface area contributed by atoms with Crippen LogP contribution in [-0.2, 0) is 6.54 Å². The number of nitrogens with zero attached hydrogens (tertiary/aromatic N) is 4. The van der Waals surface area contributed by atoms with Gasteiger partial charge in [0.2, 0.25) is 0 Å². The van der Waals surface area contributed by atoms with Gasteiger partial charge in [-0.05, 0) is 53.0 Å². The Balaban J connectivity index is 1.46. The summed E-state index contributed by atoms with van der Waals surface area (Å²) < 4.78 is 2.80. The van der Waals surface area contributed by atoms with E-state index in [-0.39, 0.29) is 0 Å². The van der Waals surface area contributed by atoms with Crippen LogP contribution in [0.4, 0.5) is 5.82 Å². The fraction of sp³-hybridized carbons (Fsp3) is 0.333. The van der Waals surface area contributed by atoms with Gasteiger partial charge in [-0.1, -0.05) is 30.3 Å². The average molecular weight is 386 g/mol. The third kappa shape index (κ3) is 3.30. The molecule has 3 heterocycles. The molecule has 1 aromatic carbocycles. The molecule has 1 N–H and O–H groups in total. The van der Waals surface area contributed by atoms with E-state index in [0.717, 1.165) is 35.6 Å². The molecule has 1 atom stereocenters. The molecule has 124 valence electrons. The van der Waals surface area contributed by atoms with E-state index in [1.54, 1.807) is 6.33 Å². The zero-order chi connectivity index (χ0) is 16.4. The van der Waals surface area contributed by atoms with E-state index in [2.05, 4.69) is 66.6 Å². The van der Waals surface area contributed by atoms with E-state index in [1.807, 2.05) is 16.6 Å². The Morgan fingerprint density at radius 3 is 2.92 bits per heavy atom. The molecule has 5 nitrogen and oxygen atoms in total. The van der Waals surface area contributed by atoms with Gasteiger partial charge in [-0.2, -0.15) is 5.10 Å². The third-order valence-electron chi connectivity index (χ3n) is 4.50. The first-order chi connectivity index (χ1) is 11.8. The monoisotopic (exact) mass is 385 g/mol. The van der Waals surface area contributed by atoms with Crippen molar-refractivity contribution in [2.75, 3.05) is 18.4 Å². The highest BCUT2D eigenvalue weighted by atomic mass is 79.9. The van der Waals surface area contributed by atoms with E-state index < -0.39 is 0 Å². The summed E-state index contributed by atoms with van der Waals surface area (Å²) in [6, 6.07) is 15.1. The third-order valence-corrected chi connectivity index (χ3v) is 5.10. The Morgan fingerprint density at radius 1 is 1.17 bits per heavy atom. The second kappa shape index (κ2) is 6.91. The molecule has 1 aliphatic heterocycles. The van der Waals surface area contributed by atoms with Crippen LogP contribution in [0.1, 0.15) is 18.4 Å². The van der Waals surface area contributed by atoms with Crippen LogP contribution in [0, 0.1) is 0 Å². The van der Waals surface area contributed by atoms with Crippen molar-refractivity contribution in [2.45, 2.75) is 25.4 Å². The summed E-state index contributed by atoms with van der Waals surface area (Å²) in [5.41, 5.74) is 2.38. The van der Waals surface area contributed by atoms with Crippen molar-refractivity contribution in [3.8, 4) is 0 Å². The Bertz CT molecular complexity index is 817. The summed E-state index contributed by atoms with van der Waals surface area (Å²) in [4.78, 5) is 6.96. The van der Waals surface area contributed by atoms with Crippen molar-refractivity contribution in [2.24, 2.45) is 0 Å². The first kappa shape index (κ1) is 15.6. The molecule has 4 rings (SSSR count). The van der Waals surface area contributed by atoms with Crippen molar-refractivity contribution in [1.82, 2.24) is 19.5 Å². The number of fused-ring (bicyclic) bond motifs is 1. The van der Waals surface area contributed by atoms with Gasteiger partial charge in [0.05, 0.1) is 0 Å². The van der Waals surface area contributed by atoms with Gasteiger partial charge < -0.3 is 5.32 Å². The smallest absolute Gasteiger partial charge is 0.154 e. The maximum Gasteiger partial charge on any atom is 0.154 e. The Labute approximate surface area is 149 Å². The fourth-order valence-electron chi connectivity index (χ4n) is 3.37. The van der Waals surface area contributed by atoms with Crippen LogP contribution in [0.2, 0.25) is 0 Å². The molecule has 0 spiro atoms.